The Hall–Kier alpha value is -5.52. The van der Waals surface area contributed by atoms with Crippen LogP contribution in [0.3, 0.4) is 0 Å². The second kappa shape index (κ2) is 13.0. The largest absolute Gasteiger partial charge is 0.504 e. The number of aromatic hydroxyl groups is 1. The summed E-state index contributed by atoms with van der Waals surface area (Å²) in [6, 6.07) is 4.49. The minimum Gasteiger partial charge on any atom is -0.504 e. The topological polar surface area (TPSA) is 169 Å². The number of hydrogen-bond acceptors (Lipinski definition) is 10. The highest BCUT2D eigenvalue weighted by Crippen LogP contribution is 2.34. The normalized spacial score (nSPS) is 14.7. The average Bonchev–Trinajstić information content (AvgIpc) is 3.83. The fraction of sp³-hybridized carbons (Fsp3) is 0.375. The van der Waals surface area contributed by atoms with Crippen molar-refractivity contribution in [2.75, 3.05) is 36.4 Å². The monoisotopic (exact) mass is 725 g/mol. The predicted octanol–water partition coefficient (Wildman–Crippen LogP) is 3.34. The number of carbonyl (C=O) groups is 2. The summed E-state index contributed by atoms with van der Waals surface area (Å²) in [6.45, 7) is 4.58. The molecule has 4 aromatic heterocycles. The van der Waals surface area contributed by atoms with E-state index < -0.39 is 29.1 Å². The van der Waals surface area contributed by atoms with Crippen LogP contribution in [0.1, 0.15) is 46.5 Å². The molecule has 1 saturated heterocycles. The van der Waals surface area contributed by atoms with E-state index in [4.69, 9.17) is 11.6 Å². The van der Waals surface area contributed by atoms with Gasteiger partial charge >= 0.3 is 6.18 Å². The van der Waals surface area contributed by atoms with Gasteiger partial charge in [-0.1, -0.05) is 18.5 Å². The molecule has 7 rings (SSSR count). The van der Waals surface area contributed by atoms with E-state index in [9.17, 15) is 32.7 Å². The number of fused-ring (bicyclic) bond motifs is 2. The van der Waals surface area contributed by atoms with Crippen molar-refractivity contribution < 1.29 is 27.9 Å². The van der Waals surface area contributed by atoms with Crippen LogP contribution in [0.4, 0.5) is 24.5 Å². The van der Waals surface area contributed by atoms with Crippen molar-refractivity contribution in [2.24, 2.45) is 0 Å². The molecule has 0 bridgehead atoms. The predicted molar refractivity (Wildman–Crippen MR) is 178 cm³/mol. The number of halogens is 4. The van der Waals surface area contributed by atoms with Gasteiger partial charge in [-0.3, -0.25) is 19.1 Å². The van der Waals surface area contributed by atoms with Gasteiger partial charge < -0.3 is 24.8 Å². The maximum Gasteiger partial charge on any atom is 0.416 e. The van der Waals surface area contributed by atoms with Crippen molar-refractivity contribution in [3.8, 4) is 17.3 Å². The summed E-state index contributed by atoms with van der Waals surface area (Å²) in [5.41, 5.74) is 0.869. The number of aromatic nitrogens is 8. The zero-order valence-corrected chi connectivity index (χ0v) is 28.2. The van der Waals surface area contributed by atoms with Crippen LogP contribution < -0.4 is 15.8 Å². The maximum absolute atomic E-state index is 14.2. The summed E-state index contributed by atoms with van der Waals surface area (Å²) in [5.74, 6) is -1.16. The molecule has 0 spiro atoms. The Morgan fingerprint density at radius 1 is 1.06 bits per heavy atom. The lowest BCUT2D eigenvalue weighted by atomic mass is 10.2. The Morgan fingerprint density at radius 2 is 1.82 bits per heavy atom. The smallest absolute Gasteiger partial charge is 0.416 e. The summed E-state index contributed by atoms with van der Waals surface area (Å²) < 4.78 is 44.2. The van der Waals surface area contributed by atoms with Crippen LogP contribution in [-0.4, -0.2) is 86.9 Å². The first kappa shape index (κ1) is 34.0. The van der Waals surface area contributed by atoms with Gasteiger partial charge in [-0.05, 0) is 50.5 Å². The van der Waals surface area contributed by atoms with Crippen molar-refractivity contribution >= 4 is 40.6 Å². The number of hydrogen-bond donors (Lipinski definition) is 2. The number of rotatable bonds is 7. The quantitative estimate of drug-likeness (QED) is 0.254. The maximum atomic E-state index is 14.2. The number of alkyl halides is 3. The zero-order chi connectivity index (χ0) is 36.2. The van der Waals surface area contributed by atoms with Crippen molar-refractivity contribution in [2.45, 2.75) is 52.4 Å². The van der Waals surface area contributed by atoms with Gasteiger partial charge in [-0.15, -0.1) is 5.10 Å². The molecule has 5 aromatic rings. The van der Waals surface area contributed by atoms with Crippen molar-refractivity contribution in [1.82, 2.24) is 43.8 Å². The Balaban J connectivity index is 1.24. The zero-order valence-electron chi connectivity index (χ0n) is 27.4. The number of piperazine rings is 1. The lowest BCUT2D eigenvalue weighted by Gasteiger charge is -2.36. The summed E-state index contributed by atoms with van der Waals surface area (Å²) >= 11 is 6.12. The summed E-state index contributed by atoms with van der Waals surface area (Å²) in [6.07, 6.45) is -1.32. The SMILES string of the molecule is CCc1c(N2CCN(C(=O)c3ncnc(C)c3O)CC2)c(=O)n2nc(-c3cc4n(n3)CCC4)nc2n1CC(=O)Nc1ccc(C(F)(F)F)cc1Cl. The standard InChI is InChI=1S/C32H31ClF3N11O4/c1-3-23-26(43-9-11-44(12-10-43)29(50)25-27(49)17(2)37-16-38-25)30(51)47-31(40-28(42-47)22-14-19-5-4-8-46(19)41-22)45(23)15-24(48)39-21-7-6-18(13-20(21)33)32(34,35)36/h6-7,13-14,16,49H,3-5,8-12,15H2,1-2H3,(H,39,48). The van der Waals surface area contributed by atoms with Crippen molar-refractivity contribution in [3.63, 3.8) is 0 Å². The molecule has 0 aliphatic carbocycles. The molecule has 0 unspecified atom stereocenters. The third-order valence-electron chi connectivity index (χ3n) is 9.02. The van der Waals surface area contributed by atoms with Crippen LogP contribution in [0.2, 0.25) is 5.02 Å². The first-order valence-corrected chi connectivity index (χ1v) is 16.5. The Morgan fingerprint density at radius 3 is 2.51 bits per heavy atom. The molecule has 2 aliphatic heterocycles. The molecule has 2 N–H and O–H groups in total. The van der Waals surface area contributed by atoms with Gasteiger partial charge in [0, 0.05) is 38.4 Å². The molecule has 0 radical (unpaired) electrons. The van der Waals surface area contributed by atoms with Crippen LogP contribution in [0, 0.1) is 6.92 Å². The number of carbonyl (C=O) groups excluding carboxylic acids is 2. The Labute approximate surface area is 292 Å². The van der Waals surface area contributed by atoms with E-state index in [0.29, 0.717) is 11.4 Å². The van der Waals surface area contributed by atoms with Gasteiger partial charge in [0.1, 0.15) is 24.3 Å². The lowest BCUT2D eigenvalue weighted by molar-refractivity contribution is -0.137. The van der Waals surface area contributed by atoms with E-state index in [1.165, 1.54) is 11.2 Å². The first-order chi connectivity index (χ1) is 24.3. The van der Waals surface area contributed by atoms with Crippen LogP contribution in [0.5, 0.6) is 5.75 Å². The van der Waals surface area contributed by atoms with Gasteiger partial charge in [-0.2, -0.15) is 27.8 Å². The van der Waals surface area contributed by atoms with Crippen LogP contribution >= 0.6 is 11.6 Å². The van der Waals surface area contributed by atoms with Crippen LogP contribution in [0.25, 0.3) is 17.3 Å². The highest BCUT2D eigenvalue weighted by molar-refractivity contribution is 6.33. The number of anilines is 2. The molecule has 266 valence electrons. The first-order valence-electron chi connectivity index (χ1n) is 16.1. The Bertz CT molecular complexity index is 2240. The van der Waals surface area contributed by atoms with Gasteiger partial charge in [-0.25, -0.2) is 9.97 Å². The van der Waals surface area contributed by atoms with E-state index in [1.54, 1.807) is 11.5 Å². The van der Waals surface area contributed by atoms with E-state index in [2.05, 4.69) is 30.5 Å². The second-order valence-electron chi connectivity index (χ2n) is 12.2. The van der Waals surface area contributed by atoms with Gasteiger partial charge in [0.05, 0.1) is 27.7 Å². The summed E-state index contributed by atoms with van der Waals surface area (Å²) in [7, 11) is 0. The number of benzene rings is 1. The number of amides is 2. The molecule has 1 aromatic carbocycles. The molecule has 51 heavy (non-hydrogen) atoms. The molecule has 2 aliphatic rings. The molecular formula is C32H31ClF3N11O4. The van der Waals surface area contributed by atoms with E-state index in [1.807, 2.05) is 22.6 Å². The van der Waals surface area contributed by atoms with Gasteiger partial charge in [0.2, 0.25) is 17.5 Å². The number of nitrogens with one attached hydrogen (secondary N) is 1. The summed E-state index contributed by atoms with van der Waals surface area (Å²) in [4.78, 5) is 56.8. The minimum atomic E-state index is -4.61. The molecule has 2 amide bonds. The lowest BCUT2D eigenvalue weighted by Crippen LogP contribution is -2.51. The molecular weight excluding hydrogens is 695 g/mol. The average molecular weight is 726 g/mol. The highest BCUT2D eigenvalue weighted by atomic mass is 35.5. The highest BCUT2D eigenvalue weighted by Gasteiger charge is 2.32. The Kier molecular flexibility index (Phi) is 8.64. The third kappa shape index (κ3) is 6.23. The van der Waals surface area contributed by atoms with E-state index in [-0.39, 0.29) is 84.3 Å². The number of aryl methyl sites for hydroxylation is 3. The van der Waals surface area contributed by atoms with Crippen LogP contribution in [-0.2, 0) is 36.9 Å². The molecule has 0 saturated carbocycles. The molecule has 19 heteroatoms. The minimum absolute atomic E-state index is 0.0228. The third-order valence-corrected chi connectivity index (χ3v) is 9.33. The molecule has 6 heterocycles. The van der Waals surface area contributed by atoms with Gasteiger partial charge in [0.25, 0.3) is 11.5 Å². The van der Waals surface area contributed by atoms with E-state index in [0.717, 1.165) is 47.8 Å². The molecule has 1 fully saturated rings. The second-order valence-corrected chi connectivity index (χ2v) is 12.6. The number of nitrogens with zero attached hydrogens (tertiary/aromatic N) is 10. The molecule has 15 nitrogen and oxygen atoms in total. The van der Waals surface area contributed by atoms with Gasteiger partial charge in [0.15, 0.2) is 11.4 Å². The van der Waals surface area contributed by atoms with E-state index >= 15 is 0 Å². The van der Waals surface area contributed by atoms with Crippen molar-refractivity contribution in [3.05, 3.63) is 74.3 Å². The van der Waals surface area contributed by atoms with Crippen LogP contribution in [0.15, 0.2) is 35.4 Å². The fourth-order valence-corrected chi connectivity index (χ4v) is 6.67. The van der Waals surface area contributed by atoms with Crippen molar-refractivity contribution in [1.29, 1.82) is 0 Å². The molecule has 0 atom stereocenters. The summed E-state index contributed by atoms with van der Waals surface area (Å²) in [5, 5.41) is 21.8. The fourth-order valence-electron chi connectivity index (χ4n) is 6.44.